The van der Waals surface area contributed by atoms with Crippen LogP contribution in [0.3, 0.4) is 0 Å². The Morgan fingerprint density at radius 3 is 1.86 bits per heavy atom. The Morgan fingerprint density at radius 2 is 1.17 bits per heavy atom. The molecule has 4 aromatic carbocycles. The van der Waals surface area contributed by atoms with Crippen molar-refractivity contribution in [2.75, 3.05) is 0 Å². The Balaban J connectivity index is 1.94. The molecule has 2 nitrogen and oxygen atoms in total. The average Bonchev–Trinajstić information content (AvgIpc) is 3.21. The third-order valence-corrected chi connectivity index (χ3v) is 6.41. The van der Waals surface area contributed by atoms with Crippen molar-refractivity contribution in [2.24, 2.45) is 14.1 Å². The van der Waals surface area contributed by atoms with Crippen LogP contribution in [0.15, 0.2) is 78.9 Å². The van der Waals surface area contributed by atoms with Crippen molar-refractivity contribution in [1.82, 2.24) is 9.13 Å². The van der Waals surface area contributed by atoms with Gasteiger partial charge in [-0.1, -0.05) is 66.2 Å². The molecular weight excluding hydrogens is 352 g/mol. The first-order valence-corrected chi connectivity index (χ1v) is 10.1. The lowest BCUT2D eigenvalue weighted by atomic mass is 9.96. The molecule has 2 heteroatoms. The van der Waals surface area contributed by atoms with Crippen LogP contribution in [-0.2, 0) is 14.1 Å². The molecule has 0 amide bonds. The van der Waals surface area contributed by atoms with Crippen LogP contribution in [0.1, 0.15) is 5.56 Å². The smallest absolute Gasteiger partial charge is 0.0596 e. The zero-order valence-corrected chi connectivity index (χ0v) is 16.9. The Labute approximate surface area is 169 Å². The number of rotatable bonds is 1. The van der Waals surface area contributed by atoms with Crippen LogP contribution in [0.25, 0.3) is 54.7 Å². The monoisotopic (exact) mass is 374 g/mol. The van der Waals surface area contributed by atoms with Crippen LogP contribution >= 0.6 is 0 Å². The summed E-state index contributed by atoms with van der Waals surface area (Å²) in [4.78, 5) is 0. The van der Waals surface area contributed by atoms with Crippen molar-refractivity contribution in [1.29, 1.82) is 0 Å². The second kappa shape index (κ2) is 5.74. The van der Waals surface area contributed by atoms with Crippen LogP contribution in [0, 0.1) is 6.92 Å². The molecule has 29 heavy (non-hydrogen) atoms. The maximum atomic E-state index is 2.38. The van der Waals surface area contributed by atoms with Crippen molar-refractivity contribution < 1.29 is 0 Å². The second-order valence-electron chi connectivity index (χ2n) is 8.06. The molecule has 0 radical (unpaired) electrons. The molecule has 0 aliphatic carbocycles. The van der Waals surface area contributed by atoms with Gasteiger partial charge in [0, 0.05) is 46.7 Å². The number of nitrogens with zero attached hydrogens (tertiary/aromatic N) is 2. The molecule has 2 heterocycles. The maximum Gasteiger partial charge on any atom is 0.0596 e. The minimum Gasteiger partial charge on any atom is -0.344 e. The number of benzene rings is 4. The summed E-state index contributed by atoms with van der Waals surface area (Å²) in [5.41, 5.74) is 9.00. The molecule has 0 aliphatic heterocycles. The Kier molecular flexibility index (Phi) is 3.25. The standard InChI is InChI=1S/C27H22N2/c1-17-12-14-18(15-13-17)21-16-24-26(20-9-5-6-10-22(20)28(24)2)27-25(21)19-8-4-7-11-23(19)29(27)3/h4-16H,1-3H3. The van der Waals surface area contributed by atoms with Gasteiger partial charge in [0.15, 0.2) is 0 Å². The van der Waals surface area contributed by atoms with Gasteiger partial charge in [-0.3, -0.25) is 0 Å². The zero-order valence-electron chi connectivity index (χ0n) is 16.9. The number of aromatic nitrogens is 2. The summed E-state index contributed by atoms with van der Waals surface area (Å²) in [7, 11) is 4.38. The highest BCUT2D eigenvalue weighted by Crippen LogP contribution is 2.43. The fourth-order valence-corrected chi connectivity index (χ4v) is 4.96. The zero-order chi connectivity index (χ0) is 19.7. The molecule has 0 fully saturated rings. The van der Waals surface area contributed by atoms with Crippen LogP contribution in [0.2, 0.25) is 0 Å². The molecule has 0 saturated heterocycles. The van der Waals surface area contributed by atoms with Gasteiger partial charge in [0.1, 0.15) is 0 Å². The molecule has 2 aromatic heterocycles. The van der Waals surface area contributed by atoms with E-state index in [2.05, 4.69) is 109 Å². The highest BCUT2D eigenvalue weighted by molar-refractivity contribution is 6.28. The first-order valence-electron chi connectivity index (χ1n) is 10.1. The van der Waals surface area contributed by atoms with E-state index in [-0.39, 0.29) is 0 Å². The predicted octanol–water partition coefficient (Wildman–Crippen LogP) is 6.95. The highest BCUT2D eigenvalue weighted by Gasteiger charge is 2.20. The van der Waals surface area contributed by atoms with Crippen LogP contribution in [-0.4, -0.2) is 9.13 Å². The minimum atomic E-state index is 1.27. The maximum absolute atomic E-state index is 2.38. The third-order valence-electron chi connectivity index (χ3n) is 6.41. The van der Waals surface area contributed by atoms with Crippen molar-refractivity contribution in [3.63, 3.8) is 0 Å². The summed E-state index contributed by atoms with van der Waals surface area (Å²) < 4.78 is 4.70. The lowest BCUT2D eigenvalue weighted by molar-refractivity contribution is 1.01. The highest BCUT2D eigenvalue weighted by atomic mass is 15.0. The molecule has 140 valence electrons. The summed E-state index contributed by atoms with van der Waals surface area (Å²) in [6.07, 6.45) is 0. The largest absolute Gasteiger partial charge is 0.344 e. The lowest BCUT2D eigenvalue weighted by Crippen LogP contribution is -1.91. The van der Waals surface area contributed by atoms with Crippen LogP contribution < -0.4 is 0 Å². The number of hydrogen-bond donors (Lipinski definition) is 0. The van der Waals surface area contributed by atoms with Gasteiger partial charge in [-0.15, -0.1) is 0 Å². The van der Waals surface area contributed by atoms with E-state index < -0.39 is 0 Å². The predicted molar refractivity (Wildman–Crippen MR) is 125 cm³/mol. The van der Waals surface area contributed by atoms with Crippen LogP contribution in [0.4, 0.5) is 0 Å². The summed E-state index contributed by atoms with van der Waals surface area (Å²) in [5.74, 6) is 0. The van der Waals surface area contributed by atoms with Crippen LogP contribution in [0.5, 0.6) is 0 Å². The average molecular weight is 374 g/mol. The molecule has 6 rings (SSSR count). The molecule has 0 aliphatic rings. The lowest BCUT2D eigenvalue weighted by Gasteiger charge is -2.09. The van der Waals surface area contributed by atoms with Crippen molar-refractivity contribution in [3.8, 4) is 11.1 Å². The fourth-order valence-electron chi connectivity index (χ4n) is 4.96. The number of fused-ring (bicyclic) bond motifs is 7. The molecule has 0 spiro atoms. The summed E-state index contributed by atoms with van der Waals surface area (Å²) in [5, 5.41) is 5.32. The van der Waals surface area contributed by atoms with E-state index in [0.29, 0.717) is 0 Å². The molecule has 0 saturated carbocycles. The van der Waals surface area contributed by atoms with E-state index in [1.54, 1.807) is 0 Å². The first kappa shape index (κ1) is 16.4. The Morgan fingerprint density at radius 1 is 0.586 bits per heavy atom. The topological polar surface area (TPSA) is 9.86 Å². The SMILES string of the molecule is Cc1ccc(-c2cc3c(c4ccccc4n3C)c3c2c2ccccc2n3C)cc1. The van der Waals surface area contributed by atoms with Gasteiger partial charge in [-0.25, -0.2) is 0 Å². The molecule has 6 aromatic rings. The normalized spacial score (nSPS) is 12.0. The van der Waals surface area contributed by atoms with Gasteiger partial charge in [-0.05, 0) is 36.2 Å². The quantitative estimate of drug-likeness (QED) is 0.295. The van der Waals surface area contributed by atoms with Gasteiger partial charge >= 0.3 is 0 Å². The number of para-hydroxylation sites is 2. The first-order chi connectivity index (χ1) is 14.1. The number of aryl methyl sites for hydroxylation is 3. The molecule has 0 N–H and O–H groups in total. The van der Waals surface area contributed by atoms with E-state index in [1.165, 1.54) is 60.3 Å². The molecule has 0 unspecified atom stereocenters. The van der Waals surface area contributed by atoms with E-state index in [9.17, 15) is 0 Å². The summed E-state index contributed by atoms with van der Waals surface area (Å²) >= 11 is 0. The van der Waals surface area contributed by atoms with Crippen molar-refractivity contribution >= 4 is 43.6 Å². The van der Waals surface area contributed by atoms with Gasteiger partial charge in [0.25, 0.3) is 0 Å². The Hall–Kier alpha value is -3.52. The summed E-state index contributed by atoms with van der Waals surface area (Å²) in [6, 6.07) is 28.8. The van der Waals surface area contributed by atoms with E-state index >= 15 is 0 Å². The summed E-state index contributed by atoms with van der Waals surface area (Å²) in [6.45, 7) is 2.14. The van der Waals surface area contributed by atoms with E-state index in [0.717, 1.165) is 0 Å². The number of hydrogen-bond acceptors (Lipinski definition) is 0. The van der Waals surface area contributed by atoms with Crippen molar-refractivity contribution in [3.05, 3.63) is 84.4 Å². The van der Waals surface area contributed by atoms with Gasteiger partial charge in [0.2, 0.25) is 0 Å². The van der Waals surface area contributed by atoms with Gasteiger partial charge < -0.3 is 9.13 Å². The second-order valence-corrected chi connectivity index (χ2v) is 8.06. The van der Waals surface area contributed by atoms with E-state index in [4.69, 9.17) is 0 Å². The Bertz CT molecular complexity index is 1560. The van der Waals surface area contributed by atoms with Gasteiger partial charge in [0.05, 0.1) is 11.0 Å². The third kappa shape index (κ3) is 2.11. The van der Waals surface area contributed by atoms with E-state index in [1.807, 2.05) is 0 Å². The molecular formula is C27H22N2. The van der Waals surface area contributed by atoms with Gasteiger partial charge in [-0.2, -0.15) is 0 Å². The molecule has 0 bridgehead atoms. The van der Waals surface area contributed by atoms with Crippen molar-refractivity contribution in [2.45, 2.75) is 6.92 Å². The minimum absolute atomic E-state index is 1.27. The fraction of sp³-hybridized carbons (Fsp3) is 0.111. The molecule has 0 atom stereocenters.